The Morgan fingerprint density at radius 3 is 2.56 bits per heavy atom. The Morgan fingerprint density at radius 1 is 1.16 bits per heavy atom. The van der Waals surface area contributed by atoms with E-state index in [1.807, 2.05) is 6.92 Å². The zero-order valence-electron chi connectivity index (χ0n) is 14.3. The van der Waals surface area contributed by atoms with Crippen molar-refractivity contribution in [2.24, 2.45) is 0 Å². The zero-order valence-corrected chi connectivity index (χ0v) is 14.3. The van der Waals surface area contributed by atoms with Crippen LogP contribution in [0.4, 0.5) is 4.39 Å². The molecule has 1 aliphatic heterocycles. The highest BCUT2D eigenvalue weighted by molar-refractivity contribution is 5.94. The first-order valence-corrected chi connectivity index (χ1v) is 8.59. The van der Waals surface area contributed by atoms with Crippen molar-refractivity contribution in [1.29, 1.82) is 0 Å². The smallest absolute Gasteiger partial charge is 0.254 e. The van der Waals surface area contributed by atoms with E-state index in [9.17, 15) is 9.18 Å². The first-order valence-electron chi connectivity index (χ1n) is 8.59. The quantitative estimate of drug-likeness (QED) is 0.830. The molecule has 0 spiro atoms. The number of benzene rings is 2. The summed E-state index contributed by atoms with van der Waals surface area (Å²) < 4.78 is 25.0. The van der Waals surface area contributed by atoms with Gasteiger partial charge in [0.05, 0.1) is 19.8 Å². The maximum atomic E-state index is 14.2. The molecule has 132 valence electrons. The molecule has 0 aromatic heterocycles. The van der Waals surface area contributed by atoms with Gasteiger partial charge in [-0.05, 0) is 42.3 Å². The lowest BCUT2D eigenvalue weighted by molar-refractivity contribution is 0.0303. The van der Waals surface area contributed by atoms with Gasteiger partial charge in [-0.25, -0.2) is 4.39 Å². The second-order valence-corrected chi connectivity index (χ2v) is 5.97. The Labute approximate surface area is 147 Å². The maximum absolute atomic E-state index is 14.2. The van der Waals surface area contributed by atoms with Crippen molar-refractivity contribution in [3.05, 3.63) is 53.8 Å². The number of hydrogen-bond donors (Lipinski definition) is 0. The molecule has 0 saturated carbocycles. The standard InChI is InChI=1S/C20H22FNO3/c1-2-11-25-17-7-8-19(21)18(14-17)15-3-5-16(6-4-15)20(23)22-9-12-24-13-10-22/h3-8,14H,2,9-13H2,1H3. The number of carbonyl (C=O) groups excluding carboxylic acids is 1. The highest BCUT2D eigenvalue weighted by atomic mass is 19.1. The van der Waals surface area contributed by atoms with E-state index in [1.165, 1.54) is 6.07 Å². The van der Waals surface area contributed by atoms with E-state index >= 15 is 0 Å². The molecular weight excluding hydrogens is 321 g/mol. The number of amides is 1. The summed E-state index contributed by atoms with van der Waals surface area (Å²) >= 11 is 0. The van der Waals surface area contributed by atoms with Crippen LogP contribution < -0.4 is 4.74 Å². The Balaban J connectivity index is 1.78. The highest BCUT2D eigenvalue weighted by Crippen LogP contribution is 2.27. The molecule has 1 amide bonds. The molecule has 0 aliphatic carbocycles. The molecule has 1 fully saturated rings. The highest BCUT2D eigenvalue weighted by Gasteiger charge is 2.18. The lowest BCUT2D eigenvalue weighted by Crippen LogP contribution is -2.40. The van der Waals surface area contributed by atoms with Crippen LogP contribution in [0.15, 0.2) is 42.5 Å². The maximum Gasteiger partial charge on any atom is 0.254 e. The fraction of sp³-hybridized carbons (Fsp3) is 0.350. The lowest BCUT2D eigenvalue weighted by Gasteiger charge is -2.26. The van der Waals surface area contributed by atoms with E-state index in [1.54, 1.807) is 41.3 Å². The van der Waals surface area contributed by atoms with Gasteiger partial charge in [-0.1, -0.05) is 19.1 Å². The summed E-state index contributed by atoms with van der Waals surface area (Å²) in [5, 5.41) is 0. The molecule has 5 heteroatoms. The molecule has 0 unspecified atom stereocenters. The van der Waals surface area contributed by atoms with Gasteiger partial charge in [0.15, 0.2) is 0 Å². The van der Waals surface area contributed by atoms with Gasteiger partial charge >= 0.3 is 0 Å². The summed E-state index contributed by atoms with van der Waals surface area (Å²) in [5.74, 6) is 0.318. The van der Waals surface area contributed by atoms with Crippen LogP contribution in [0.25, 0.3) is 11.1 Å². The summed E-state index contributed by atoms with van der Waals surface area (Å²) in [6, 6.07) is 11.8. The van der Waals surface area contributed by atoms with E-state index in [-0.39, 0.29) is 11.7 Å². The molecule has 3 rings (SSSR count). The first kappa shape index (κ1) is 17.4. The summed E-state index contributed by atoms with van der Waals surface area (Å²) in [6.07, 6.45) is 0.894. The molecule has 0 radical (unpaired) electrons. The molecule has 0 N–H and O–H groups in total. The van der Waals surface area contributed by atoms with Gasteiger partial charge in [-0.3, -0.25) is 4.79 Å². The van der Waals surface area contributed by atoms with Gasteiger partial charge in [-0.15, -0.1) is 0 Å². The van der Waals surface area contributed by atoms with Crippen molar-refractivity contribution in [2.75, 3.05) is 32.9 Å². The fourth-order valence-electron chi connectivity index (χ4n) is 2.78. The van der Waals surface area contributed by atoms with Crippen LogP contribution in [0.2, 0.25) is 0 Å². The van der Waals surface area contributed by atoms with E-state index in [2.05, 4.69) is 0 Å². The Kier molecular flexibility index (Phi) is 5.66. The van der Waals surface area contributed by atoms with Crippen molar-refractivity contribution < 1.29 is 18.7 Å². The molecule has 1 saturated heterocycles. The van der Waals surface area contributed by atoms with Crippen LogP contribution >= 0.6 is 0 Å². The van der Waals surface area contributed by atoms with Crippen LogP contribution in [-0.4, -0.2) is 43.7 Å². The monoisotopic (exact) mass is 343 g/mol. The van der Waals surface area contributed by atoms with Crippen molar-refractivity contribution in [1.82, 2.24) is 4.90 Å². The van der Waals surface area contributed by atoms with Crippen LogP contribution in [0, 0.1) is 5.82 Å². The Hall–Kier alpha value is -2.40. The third-order valence-electron chi connectivity index (χ3n) is 4.15. The van der Waals surface area contributed by atoms with Crippen molar-refractivity contribution in [2.45, 2.75) is 13.3 Å². The van der Waals surface area contributed by atoms with Gasteiger partial charge in [0, 0.05) is 24.2 Å². The van der Waals surface area contributed by atoms with Crippen molar-refractivity contribution in [3.63, 3.8) is 0 Å². The van der Waals surface area contributed by atoms with E-state index < -0.39 is 0 Å². The average Bonchev–Trinajstić information content (AvgIpc) is 2.67. The second kappa shape index (κ2) is 8.12. The minimum absolute atomic E-state index is 0.0182. The van der Waals surface area contributed by atoms with Gasteiger partial charge < -0.3 is 14.4 Å². The van der Waals surface area contributed by atoms with Crippen molar-refractivity contribution in [3.8, 4) is 16.9 Å². The predicted octanol–water partition coefficient (Wildman–Crippen LogP) is 3.75. The minimum Gasteiger partial charge on any atom is -0.494 e. The van der Waals surface area contributed by atoms with Crippen LogP contribution in [0.1, 0.15) is 23.7 Å². The summed E-state index contributed by atoms with van der Waals surface area (Å²) in [6.45, 7) is 4.96. The van der Waals surface area contributed by atoms with Gasteiger partial charge in [0.2, 0.25) is 0 Å². The Morgan fingerprint density at radius 2 is 1.88 bits per heavy atom. The second-order valence-electron chi connectivity index (χ2n) is 5.97. The zero-order chi connectivity index (χ0) is 17.6. The van der Waals surface area contributed by atoms with Crippen LogP contribution in [-0.2, 0) is 4.74 Å². The summed E-state index contributed by atoms with van der Waals surface area (Å²) in [7, 11) is 0. The van der Waals surface area contributed by atoms with Gasteiger partial charge in [-0.2, -0.15) is 0 Å². The molecule has 0 bridgehead atoms. The molecule has 0 atom stereocenters. The third-order valence-corrected chi connectivity index (χ3v) is 4.15. The number of rotatable bonds is 5. The number of carbonyl (C=O) groups is 1. The van der Waals surface area contributed by atoms with Gasteiger partial charge in [0.1, 0.15) is 11.6 Å². The topological polar surface area (TPSA) is 38.8 Å². The molecule has 1 aliphatic rings. The fourth-order valence-corrected chi connectivity index (χ4v) is 2.78. The minimum atomic E-state index is -0.309. The van der Waals surface area contributed by atoms with Crippen LogP contribution in [0.5, 0.6) is 5.75 Å². The molecule has 1 heterocycles. The number of halogens is 1. The SMILES string of the molecule is CCCOc1ccc(F)c(-c2ccc(C(=O)N3CCOCC3)cc2)c1. The van der Waals surface area contributed by atoms with Crippen LogP contribution in [0.3, 0.4) is 0 Å². The lowest BCUT2D eigenvalue weighted by atomic mass is 10.0. The number of nitrogens with zero attached hydrogens (tertiary/aromatic N) is 1. The molecule has 4 nitrogen and oxygen atoms in total. The third kappa shape index (κ3) is 4.17. The van der Waals surface area contributed by atoms with Crippen molar-refractivity contribution >= 4 is 5.91 Å². The van der Waals surface area contributed by atoms with Gasteiger partial charge in [0.25, 0.3) is 5.91 Å². The van der Waals surface area contributed by atoms with E-state index in [0.29, 0.717) is 49.8 Å². The summed E-state index contributed by atoms with van der Waals surface area (Å²) in [5.41, 5.74) is 1.79. The average molecular weight is 343 g/mol. The first-order chi connectivity index (χ1) is 12.2. The predicted molar refractivity (Wildman–Crippen MR) is 94.3 cm³/mol. The Bertz CT molecular complexity index is 724. The normalized spacial score (nSPS) is 14.4. The van der Waals surface area contributed by atoms with E-state index in [4.69, 9.17) is 9.47 Å². The largest absolute Gasteiger partial charge is 0.494 e. The molecular formula is C20H22FNO3. The number of hydrogen-bond acceptors (Lipinski definition) is 3. The van der Waals surface area contributed by atoms with E-state index in [0.717, 1.165) is 12.0 Å². The molecule has 2 aromatic rings. The number of morpholine rings is 1. The molecule has 2 aromatic carbocycles. The number of ether oxygens (including phenoxy) is 2. The summed E-state index contributed by atoms with van der Waals surface area (Å²) in [4.78, 5) is 14.2. The molecule has 25 heavy (non-hydrogen) atoms.